The number of aromatic carboxylic acids is 1. The predicted octanol–water partition coefficient (Wildman–Crippen LogP) is 2.26. The monoisotopic (exact) mass is 252 g/mol. The molecule has 1 aromatic heterocycles. The Morgan fingerprint density at radius 1 is 1.56 bits per heavy atom. The fourth-order valence-corrected chi connectivity index (χ4v) is 1.27. The minimum Gasteiger partial charge on any atom is -0.497 e. The van der Waals surface area contributed by atoms with Crippen molar-refractivity contribution in [1.29, 1.82) is 0 Å². The van der Waals surface area contributed by atoms with E-state index in [-0.39, 0.29) is 17.4 Å². The topological polar surface area (TPSA) is 84.6 Å². The summed E-state index contributed by atoms with van der Waals surface area (Å²) in [4.78, 5) is 14.2. The maximum absolute atomic E-state index is 13.5. The summed E-state index contributed by atoms with van der Waals surface area (Å²) >= 11 is 0. The fraction of sp³-hybridized carbons (Fsp3) is 0.0909. The van der Waals surface area contributed by atoms with Gasteiger partial charge in [-0.15, -0.1) is 0 Å². The Morgan fingerprint density at radius 3 is 2.94 bits per heavy atom. The zero-order valence-corrected chi connectivity index (χ0v) is 9.31. The molecule has 1 aromatic carbocycles. The largest absolute Gasteiger partial charge is 0.497 e. The van der Waals surface area contributed by atoms with Crippen molar-refractivity contribution in [2.75, 3.05) is 12.4 Å². The van der Waals surface area contributed by atoms with Gasteiger partial charge in [-0.05, 0) is 12.1 Å². The van der Waals surface area contributed by atoms with Crippen LogP contribution in [-0.4, -0.2) is 23.2 Å². The van der Waals surface area contributed by atoms with Crippen LogP contribution >= 0.6 is 0 Å². The molecule has 0 atom stereocenters. The van der Waals surface area contributed by atoms with Crippen molar-refractivity contribution in [1.82, 2.24) is 4.98 Å². The molecular weight excluding hydrogens is 243 g/mol. The second-order valence-corrected chi connectivity index (χ2v) is 3.31. The van der Waals surface area contributed by atoms with E-state index >= 15 is 0 Å². The molecule has 0 bridgehead atoms. The third-order valence-corrected chi connectivity index (χ3v) is 2.14. The number of carbonyl (C=O) groups is 1. The molecule has 2 N–H and O–H groups in total. The molecule has 0 saturated heterocycles. The van der Waals surface area contributed by atoms with E-state index in [0.29, 0.717) is 5.75 Å². The summed E-state index contributed by atoms with van der Waals surface area (Å²) in [5.41, 5.74) is -0.186. The number of benzene rings is 1. The number of aromatic nitrogens is 1. The number of rotatable bonds is 4. The minimum absolute atomic E-state index is 0.0770. The number of nitrogens with zero attached hydrogens (tertiary/aromatic N) is 1. The molecule has 0 unspecified atom stereocenters. The van der Waals surface area contributed by atoms with E-state index in [1.54, 1.807) is 0 Å². The van der Waals surface area contributed by atoms with Crippen LogP contribution in [0, 0.1) is 5.82 Å². The van der Waals surface area contributed by atoms with Crippen LogP contribution in [0.1, 0.15) is 10.5 Å². The Kier molecular flexibility index (Phi) is 3.13. The highest BCUT2D eigenvalue weighted by atomic mass is 19.1. The van der Waals surface area contributed by atoms with Crippen LogP contribution in [0.5, 0.6) is 5.75 Å². The molecule has 0 aliphatic carbocycles. The lowest BCUT2D eigenvalue weighted by molar-refractivity contribution is 0.0690. The first-order valence-corrected chi connectivity index (χ1v) is 4.89. The highest BCUT2D eigenvalue weighted by Gasteiger charge is 2.12. The number of hydrogen-bond donors (Lipinski definition) is 2. The average molecular weight is 252 g/mol. The highest BCUT2D eigenvalue weighted by Crippen LogP contribution is 2.24. The van der Waals surface area contributed by atoms with Gasteiger partial charge >= 0.3 is 5.97 Å². The SMILES string of the molecule is COc1ccc(F)c(Nc2nc(C(=O)O)co2)c1. The number of carboxylic acid groups (broad SMARTS) is 1. The summed E-state index contributed by atoms with van der Waals surface area (Å²) in [6.45, 7) is 0. The Balaban J connectivity index is 2.24. The van der Waals surface area contributed by atoms with Crippen molar-refractivity contribution >= 4 is 17.7 Å². The molecule has 1 heterocycles. The van der Waals surface area contributed by atoms with Crippen molar-refractivity contribution < 1.29 is 23.4 Å². The van der Waals surface area contributed by atoms with Crippen LogP contribution in [0.15, 0.2) is 28.9 Å². The van der Waals surface area contributed by atoms with Gasteiger partial charge < -0.3 is 19.6 Å². The number of halogens is 1. The zero-order valence-electron chi connectivity index (χ0n) is 9.31. The Morgan fingerprint density at radius 2 is 2.33 bits per heavy atom. The second-order valence-electron chi connectivity index (χ2n) is 3.31. The Bertz CT molecular complexity index is 582. The van der Waals surface area contributed by atoms with Gasteiger partial charge in [0.2, 0.25) is 0 Å². The van der Waals surface area contributed by atoms with E-state index in [2.05, 4.69) is 10.3 Å². The number of methoxy groups -OCH3 is 1. The molecule has 0 aliphatic heterocycles. The molecule has 2 rings (SSSR count). The third kappa shape index (κ3) is 2.40. The molecular formula is C11H9FN2O4. The maximum Gasteiger partial charge on any atom is 0.357 e. The van der Waals surface area contributed by atoms with Crippen LogP contribution in [0.4, 0.5) is 16.1 Å². The fourth-order valence-electron chi connectivity index (χ4n) is 1.27. The lowest BCUT2D eigenvalue weighted by Crippen LogP contribution is -1.98. The smallest absolute Gasteiger partial charge is 0.357 e. The number of hydrogen-bond acceptors (Lipinski definition) is 5. The molecule has 2 aromatic rings. The first kappa shape index (κ1) is 11.9. The highest BCUT2D eigenvalue weighted by molar-refractivity contribution is 5.85. The van der Waals surface area contributed by atoms with E-state index in [1.807, 2.05) is 0 Å². The summed E-state index contributed by atoms with van der Waals surface area (Å²) < 4.78 is 23.2. The van der Waals surface area contributed by atoms with Gasteiger partial charge in [-0.2, -0.15) is 4.98 Å². The number of nitrogens with one attached hydrogen (secondary N) is 1. The standard InChI is InChI=1S/C11H9FN2O4/c1-17-6-2-3-7(12)8(4-6)13-11-14-9(5-18-11)10(15)16/h2-5H,1H3,(H,13,14)(H,15,16). The van der Waals surface area contributed by atoms with Crippen molar-refractivity contribution in [2.24, 2.45) is 0 Å². The van der Waals surface area contributed by atoms with Crippen LogP contribution in [0.25, 0.3) is 0 Å². The van der Waals surface area contributed by atoms with Crippen LogP contribution in [0.3, 0.4) is 0 Å². The second kappa shape index (κ2) is 4.74. The summed E-state index contributed by atoms with van der Waals surface area (Å²) in [7, 11) is 1.45. The third-order valence-electron chi connectivity index (χ3n) is 2.14. The molecule has 0 saturated carbocycles. The molecule has 0 spiro atoms. The van der Waals surface area contributed by atoms with Gasteiger partial charge in [0.1, 0.15) is 17.8 Å². The number of oxazole rings is 1. The van der Waals surface area contributed by atoms with Gasteiger partial charge in [-0.3, -0.25) is 0 Å². The van der Waals surface area contributed by atoms with E-state index in [4.69, 9.17) is 14.3 Å². The van der Waals surface area contributed by atoms with E-state index < -0.39 is 11.8 Å². The normalized spacial score (nSPS) is 10.1. The van der Waals surface area contributed by atoms with Crippen LogP contribution < -0.4 is 10.1 Å². The van der Waals surface area contributed by atoms with Gasteiger partial charge in [0.15, 0.2) is 5.69 Å². The van der Waals surface area contributed by atoms with Crippen molar-refractivity contribution in [3.05, 3.63) is 36.0 Å². The predicted molar refractivity (Wildman–Crippen MR) is 59.7 cm³/mol. The Labute approximate surface area is 101 Å². The number of ether oxygens (including phenoxy) is 1. The van der Waals surface area contributed by atoms with E-state index in [1.165, 1.54) is 25.3 Å². The minimum atomic E-state index is -1.22. The molecule has 7 heteroatoms. The van der Waals surface area contributed by atoms with Crippen LogP contribution in [-0.2, 0) is 0 Å². The van der Waals surface area contributed by atoms with E-state index in [0.717, 1.165) is 6.26 Å². The number of carboxylic acids is 1. The first-order chi connectivity index (χ1) is 8.60. The quantitative estimate of drug-likeness (QED) is 0.868. The summed E-state index contributed by atoms with van der Waals surface area (Å²) in [5.74, 6) is -1.31. The molecule has 94 valence electrons. The van der Waals surface area contributed by atoms with Gasteiger partial charge in [0, 0.05) is 6.07 Å². The molecule has 0 aliphatic rings. The summed E-state index contributed by atoms with van der Waals surface area (Å²) in [6.07, 6.45) is 0.961. The maximum atomic E-state index is 13.5. The van der Waals surface area contributed by atoms with Gasteiger partial charge in [-0.25, -0.2) is 9.18 Å². The van der Waals surface area contributed by atoms with Crippen molar-refractivity contribution in [3.8, 4) is 5.75 Å². The lowest BCUT2D eigenvalue weighted by Gasteiger charge is -2.05. The lowest BCUT2D eigenvalue weighted by atomic mass is 10.3. The van der Waals surface area contributed by atoms with Crippen LogP contribution in [0.2, 0.25) is 0 Å². The Hall–Kier alpha value is -2.57. The first-order valence-electron chi connectivity index (χ1n) is 4.89. The van der Waals surface area contributed by atoms with E-state index in [9.17, 15) is 9.18 Å². The summed E-state index contributed by atoms with van der Waals surface area (Å²) in [6, 6.07) is 3.96. The van der Waals surface area contributed by atoms with Gasteiger partial charge in [0.25, 0.3) is 6.01 Å². The summed E-state index contributed by atoms with van der Waals surface area (Å²) in [5, 5.41) is 11.2. The number of anilines is 2. The van der Waals surface area contributed by atoms with Crippen molar-refractivity contribution in [2.45, 2.75) is 0 Å². The molecule has 0 radical (unpaired) electrons. The zero-order chi connectivity index (χ0) is 13.1. The van der Waals surface area contributed by atoms with Crippen molar-refractivity contribution in [3.63, 3.8) is 0 Å². The molecule has 6 nitrogen and oxygen atoms in total. The molecule has 0 amide bonds. The molecule has 18 heavy (non-hydrogen) atoms. The van der Waals surface area contributed by atoms with Gasteiger partial charge in [0.05, 0.1) is 12.8 Å². The van der Waals surface area contributed by atoms with Gasteiger partial charge in [-0.1, -0.05) is 0 Å². The molecule has 0 fully saturated rings. The average Bonchev–Trinajstić information content (AvgIpc) is 2.81.